The Balaban J connectivity index is 1.11. The van der Waals surface area contributed by atoms with Gasteiger partial charge in [-0.15, -0.1) is 0 Å². The van der Waals surface area contributed by atoms with Gasteiger partial charge in [0.2, 0.25) is 10.0 Å². The third kappa shape index (κ3) is 4.23. The van der Waals surface area contributed by atoms with E-state index in [4.69, 9.17) is 4.74 Å². The molecule has 2 aromatic carbocycles. The Bertz CT molecular complexity index is 1110. The van der Waals surface area contributed by atoms with E-state index in [1.807, 2.05) is 36.4 Å². The molecule has 2 aliphatic rings. The van der Waals surface area contributed by atoms with Crippen molar-refractivity contribution >= 4 is 31.6 Å². The van der Waals surface area contributed by atoms with Gasteiger partial charge in [0.25, 0.3) is 5.19 Å². The number of thiazole rings is 1. The van der Waals surface area contributed by atoms with Crippen LogP contribution in [0.5, 0.6) is 10.9 Å². The maximum Gasteiger partial charge on any atom is 0.279 e. The molecule has 1 aromatic heterocycles. The predicted molar refractivity (Wildman–Crippen MR) is 120 cm³/mol. The molecule has 3 atom stereocenters. The molecule has 30 heavy (non-hydrogen) atoms. The van der Waals surface area contributed by atoms with E-state index in [0.29, 0.717) is 23.6 Å². The van der Waals surface area contributed by atoms with Gasteiger partial charge in [-0.1, -0.05) is 35.6 Å². The summed E-state index contributed by atoms with van der Waals surface area (Å²) in [4.78, 5) is 4.50. The predicted octanol–water partition coefficient (Wildman–Crippen LogP) is 3.50. The van der Waals surface area contributed by atoms with E-state index in [1.54, 1.807) is 15.6 Å². The Labute approximate surface area is 180 Å². The fourth-order valence-electron chi connectivity index (χ4n) is 4.37. The van der Waals surface area contributed by atoms with Gasteiger partial charge in [-0.05, 0) is 61.1 Å². The molecule has 1 saturated heterocycles. The second-order valence-electron chi connectivity index (χ2n) is 8.21. The monoisotopic (exact) mass is 443 g/mol. The Morgan fingerprint density at radius 3 is 2.77 bits per heavy atom. The molecule has 158 valence electrons. The Hall–Kier alpha value is -2.00. The molecule has 0 radical (unpaired) electrons. The molecule has 1 saturated carbocycles. The van der Waals surface area contributed by atoms with E-state index >= 15 is 0 Å². The lowest BCUT2D eigenvalue weighted by Crippen LogP contribution is -2.44. The molecule has 2 fully saturated rings. The van der Waals surface area contributed by atoms with E-state index in [1.165, 1.54) is 18.2 Å². The summed E-state index contributed by atoms with van der Waals surface area (Å²) in [7, 11) is -3.11. The number of benzene rings is 2. The summed E-state index contributed by atoms with van der Waals surface area (Å²) >= 11 is 1.54. The molecule has 8 heteroatoms. The number of para-hydroxylation sites is 1. The lowest BCUT2D eigenvalue weighted by Gasteiger charge is -2.25. The number of ether oxygens (including phenoxy) is 1. The molecule has 3 unspecified atom stereocenters. The van der Waals surface area contributed by atoms with Gasteiger partial charge in [0.15, 0.2) is 0 Å². The quantitative estimate of drug-likeness (QED) is 0.540. The highest BCUT2D eigenvalue weighted by molar-refractivity contribution is 7.88. The minimum atomic E-state index is -3.11. The van der Waals surface area contributed by atoms with Crippen LogP contribution in [0.15, 0.2) is 48.5 Å². The summed E-state index contributed by atoms with van der Waals surface area (Å²) in [5.74, 6) is 1.90. The van der Waals surface area contributed by atoms with Crippen LogP contribution in [-0.4, -0.2) is 49.6 Å². The number of rotatable bonds is 8. The molecule has 2 heterocycles. The van der Waals surface area contributed by atoms with E-state index in [0.717, 1.165) is 35.5 Å². The third-order valence-electron chi connectivity index (χ3n) is 6.03. The molecule has 0 bridgehead atoms. The molecule has 0 amide bonds. The van der Waals surface area contributed by atoms with Gasteiger partial charge in [0.1, 0.15) is 5.75 Å². The van der Waals surface area contributed by atoms with Crippen LogP contribution in [0.3, 0.4) is 0 Å². The summed E-state index contributed by atoms with van der Waals surface area (Å²) in [5, 5.41) is 4.11. The van der Waals surface area contributed by atoms with Crippen LogP contribution < -0.4 is 10.1 Å². The van der Waals surface area contributed by atoms with Gasteiger partial charge in [0, 0.05) is 19.1 Å². The standard InChI is InChI=1S/C22H25N3O3S2/c1-30(26,27)25-14-16-12-18(16)20(25)13-23-11-10-15-6-8-17(9-7-15)28-22-24-19-4-2-3-5-21(19)29-22/h2-9,16,18,20,23H,10-14H2,1H3. The van der Waals surface area contributed by atoms with Crippen molar-refractivity contribution in [2.45, 2.75) is 18.9 Å². The number of piperidine rings is 1. The number of nitrogens with zero attached hydrogens (tertiary/aromatic N) is 2. The number of aromatic nitrogens is 1. The lowest BCUT2D eigenvalue weighted by atomic mass is 10.1. The van der Waals surface area contributed by atoms with Crippen LogP contribution in [0, 0.1) is 11.8 Å². The first-order valence-electron chi connectivity index (χ1n) is 10.3. The van der Waals surface area contributed by atoms with Crippen molar-refractivity contribution in [2.75, 3.05) is 25.9 Å². The van der Waals surface area contributed by atoms with E-state index < -0.39 is 10.0 Å². The van der Waals surface area contributed by atoms with Crippen molar-refractivity contribution in [2.24, 2.45) is 11.8 Å². The van der Waals surface area contributed by atoms with E-state index in [2.05, 4.69) is 22.4 Å². The van der Waals surface area contributed by atoms with Gasteiger partial charge in [-0.2, -0.15) is 4.31 Å². The molecule has 5 rings (SSSR count). The highest BCUT2D eigenvalue weighted by Crippen LogP contribution is 2.50. The first-order valence-corrected chi connectivity index (χ1v) is 12.9. The van der Waals surface area contributed by atoms with Crippen molar-refractivity contribution < 1.29 is 13.2 Å². The molecule has 1 aliphatic carbocycles. The topological polar surface area (TPSA) is 71.5 Å². The van der Waals surface area contributed by atoms with E-state index in [9.17, 15) is 8.42 Å². The Morgan fingerprint density at radius 2 is 2.00 bits per heavy atom. The van der Waals surface area contributed by atoms with Crippen LogP contribution in [0.4, 0.5) is 0 Å². The number of fused-ring (bicyclic) bond motifs is 2. The molecule has 6 nitrogen and oxygen atoms in total. The average Bonchev–Trinajstić information content (AvgIpc) is 3.21. The zero-order valence-corrected chi connectivity index (χ0v) is 18.5. The second kappa shape index (κ2) is 7.92. The van der Waals surface area contributed by atoms with Gasteiger partial charge in [-0.3, -0.25) is 0 Å². The van der Waals surface area contributed by atoms with E-state index in [-0.39, 0.29) is 6.04 Å². The summed E-state index contributed by atoms with van der Waals surface area (Å²) in [5.41, 5.74) is 2.17. The summed E-state index contributed by atoms with van der Waals surface area (Å²) in [6.45, 7) is 2.25. The van der Waals surface area contributed by atoms with Crippen molar-refractivity contribution in [3.05, 3.63) is 54.1 Å². The summed E-state index contributed by atoms with van der Waals surface area (Å²) < 4.78 is 32.6. The van der Waals surface area contributed by atoms with Gasteiger partial charge in [-0.25, -0.2) is 13.4 Å². The fraction of sp³-hybridized carbons (Fsp3) is 0.409. The third-order valence-corrected chi connectivity index (χ3v) is 8.21. The molecule has 3 aromatic rings. The van der Waals surface area contributed by atoms with Crippen molar-refractivity contribution in [3.63, 3.8) is 0 Å². The normalized spacial score (nSPS) is 23.6. The zero-order chi connectivity index (χ0) is 20.7. The van der Waals surface area contributed by atoms with Crippen LogP contribution in [0.2, 0.25) is 0 Å². The summed E-state index contributed by atoms with van der Waals surface area (Å²) in [6, 6.07) is 16.2. The maximum atomic E-state index is 12.0. The maximum absolute atomic E-state index is 12.0. The molecular formula is C22H25N3O3S2. The fourth-order valence-corrected chi connectivity index (χ4v) is 6.39. The minimum Gasteiger partial charge on any atom is -0.431 e. The second-order valence-corrected chi connectivity index (χ2v) is 11.1. The van der Waals surface area contributed by atoms with Crippen LogP contribution in [0.25, 0.3) is 10.2 Å². The molecule has 1 aliphatic heterocycles. The van der Waals surface area contributed by atoms with Crippen LogP contribution in [-0.2, 0) is 16.4 Å². The van der Waals surface area contributed by atoms with Crippen LogP contribution in [0.1, 0.15) is 12.0 Å². The first kappa shape index (κ1) is 19.9. The van der Waals surface area contributed by atoms with Gasteiger partial charge >= 0.3 is 0 Å². The Kier molecular flexibility index (Phi) is 5.26. The summed E-state index contributed by atoms with van der Waals surface area (Å²) in [6.07, 6.45) is 3.39. The molecule has 0 spiro atoms. The highest BCUT2D eigenvalue weighted by Gasteiger charge is 2.54. The van der Waals surface area contributed by atoms with Crippen molar-refractivity contribution in [1.29, 1.82) is 0 Å². The largest absolute Gasteiger partial charge is 0.431 e. The number of hydrogen-bond acceptors (Lipinski definition) is 6. The number of nitrogens with one attached hydrogen (secondary N) is 1. The molecule has 1 N–H and O–H groups in total. The smallest absolute Gasteiger partial charge is 0.279 e. The SMILES string of the molecule is CS(=O)(=O)N1CC2CC2C1CNCCc1ccc(Oc2nc3ccccc3s2)cc1. The lowest BCUT2D eigenvalue weighted by molar-refractivity contribution is 0.334. The number of hydrogen-bond donors (Lipinski definition) is 1. The highest BCUT2D eigenvalue weighted by atomic mass is 32.2. The minimum absolute atomic E-state index is 0.120. The average molecular weight is 444 g/mol. The molecular weight excluding hydrogens is 418 g/mol. The Morgan fingerprint density at radius 1 is 1.20 bits per heavy atom. The van der Waals surface area contributed by atoms with Crippen molar-refractivity contribution in [1.82, 2.24) is 14.6 Å². The van der Waals surface area contributed by atoms with Gasteiger partial charge < -0.3 is 10.1 Å². The van der Waals surface area contributed by atoms with Crippen molar-refractivity contribution in [3.8, 4) is 10.9 Å². The zero-order valence-electron chi connectivity index (χ0n) is 16.8. The first-order chi connectivity index (χ1) is 14.5. The number of sulfonamides is 1. The van der Waals surface area contributed by atoms with Crippen LogP contribution >= 0.6 is 11.3 Å². The van der Waals surface area contributed by atoms with Gasteiger partial charge in [0.05, 0.1) is 16.5 Å².